The van der Waals surface area contributed by atoms with Crippen LogP contribution in [-0.2, 0) is 0 Å². The molecule has 1 aromatic heterocycles. The van der Waals surface area contributed by atoms with E-state index in [-0.39, 0.29) is 5.84 Å². The van der Waals surface area contributed by atoms with Crippen LogP contribution < -0.4 is 10.6 Å². The van der Waals surface area contributed by atoms with Crippen LogP contribution >= 0.6 is 0 Å². The highest BCUT2D eigenvalue weighted by molar-refractivity contribution is 5.77. The number of hydrogen-bond acceptors (Lipinski definition) is 4. The quantitative estimate of drug-likeness (QED) is 0.574. The molecule has 3 N–H and O–H groups in total. The predicted octanol–water partition coefficient (Wildman–Crippen LogP) is 0.911. The Labute approximate surface area is 93.0 Å². The molecule has 0 aliphatic heterocycles. The van der Waals surface area contributed by atoms with E-state index in [1.807, 2.05) is 4.90 Å². The van der Waals surface area contributed by atoms with Gasteiger partial charge in [-0.15, -0.1) is 0 Å². The van der Waals surface area contributed by atoms with Gasteiger partial charge in [-0.05, 0) is 12.8 Å². The Balaban J connectivity index is 2.06. The second-order valence-electron chi connectivity index (χ2n) is 3.90. The number of anilines is 1. The second-order valence-corrected chi connectivity index (χ2v) is 3.90. The molecule has 0 aromatic carbocycles. The van der Waals surface area contributed by atoms with Crippen LogP contribution in [0.15, 0.2) is 12.4 Å². The molecule has 0 bridgehead atoms. The van der Waals surface area contributed by atoms with Crippen molar-refractivity contribution < 1.29 is 4.39 Å². The molecule has 1 fully saturated rings. The molecule has 16 heavy (non-hydrogen) atoms. The first-order valence-corrected chi connectivity index (χ1v) is 5.24. The number of amidine groups is 1. The summed E-state index contributed by atoms with van der Waals surface area (Å²) in [6.45, 7) is 0.617. The third kappa shape index (κ3) is 2.65. The second kappa shape index (κ2) is 4.42. The normalized spacial score (nSPS) is 14.8. The summed E-state index contributed by atoms with van der Waals surface area (Å²) < 4.78 is 12.7. The van der Waals surface area contributed by atoms with Gasteiger partial charge >= 0.3 is 0 Å². The van der Waals surface area contributed by atoms with Gasteiger partial charge in [0.2, 0.25) is 5.95 Å². The summed E-state index contributed by atoms with van der Waals surface area (Å²) in [4.78, 5) is 9.88. The lowest BCUT2D eigenvalue weighted by molar-refractivity contribution is 0.610. The summed E-state index contributed by atoms with van der Waals surface area (Å²) in [5.41, 5.74) is 5.32. The summed E-state index contributed by atoms with van der Waals surface area (Å²) in [6.07, 6.45) is 4.99. The Bertz CT molecular complexity index is 373. The van der Waals surface area contributed by atoms with Crippen LogP contribution in [0.1, 0.15) is 19.3 Å². The average Bonchev–Trinajstić information content (AvgIpc) is 3.04. The van der Waals surface area contributed by atoms with E-state index in [2.05, 4.69) is 9.97 Å². The SMILES string of the molecule is N=C(N)CCN(c1ncc(F)cn1)C1CC1. The average molecular weight is 223 g/mol. The van der Waals surface area contributed by atoms with Crippen molar-refractivity contribution >= 4 is 11.8 Å². The summed E-state index contributed by atoms with van der Waals surface area (Å²) in [5, 5.41) is 7.20. The number of nitrogens with zero attached hydrogens (tertiary/aromatic N) is 3. The Morgan fingerprint density at radius 2 is 2.12 bits per heavy atom. The van der Waals surface area contributed by atoms with E-state index in [1.54, 1.807) is 0 Å². The lowest BCUT2D eigenvalue weighted by Crippen LogP contribution is -2.31. The largest absolute Gasteiger partial charge is 0.388 e. The molecule has 0 atom stereocenters. The monoisotopic (exact) mass is 223 g/mol. The highest BCUT2D eigenvalue weighted by atomic mass is 19.1. The van der Waals surface area contributed by atoms with Crippen molar-refractivity contribution in [3.05, 3.63) is 18.2 Å². The molecule has 0 spiro atoms. The van der Waals surface area contributed by atoms with Crippen LogP contribution in [0.3, 0.4) is 0 Å². The molecule has 1 heterocycles. The molecule has 0 unspecified atom stereocenters. The lowest BCUT2D eigenvalue weighted by Gasteiger charge is -2.21. The molecule has 1 saturated carbocycles. The molecule has 0 amide bonds. The van der Waals surface area contributed by atoms with Gasteiger partial charge in [-0.25, -0.2) is 14.4 Å². The molecule has 1 aliphatic rings. The van der Waals surface area contributed by atoms with Crippen LogP contribution in [0.4, 0.5) is 10.3 Å². The topological polar surface area (TPSA) is 78.9 Å². The Morgan fingerprint density at radius 1 is 1.50 bits per heavy atom. The van der Waals surface area contributed by atoms with Crippen molar-refractivity contribution in [1.82, 2.24) is 9.97 Å². The highest BCUT2D eigenvalue weighted by Crippen LogP contribution is 2.29. The van der Waals surface area contributed by atoms with E-state index in [0.29, 0.717) is 25.0 Å². The molecule has 1 aromatic rings. The van der Waals surface area contributed by atoms with Gasteiger partial charge in [-0.3, -0.25) is 5.41 Å². The maximum absolute atomic E-state index is 12.7. The fraction of sp³-hybridized carbons (Fsp3) is 0.500. The van der Waals surface area contributed by atoms with Gasteiger partial charge in [0.1, 0.15) is 0 Å². The van der Waals surface area contributed by atoms with E-state index < -0.39 is 5.82 Å². The van der Waals surface area contributed by atoms with E-state index in [0.717, 1.165) is 25.2 Å². The number of rotatable bonds is 5. The van der Waals surface area contributed by atoms with Crippen molar-refractivity contribution in [2.24, 2.45) is 5.73 Å². The first kappa shape index (κ1) is 10.8. The zero-order valence-electron chi connectivity index (χ0n) is 8.86. The minimum Gasteiger partial charge on any atom is -0.388 e. The van der Waals surface area contributed by atoms with E-state index >= 15 is 0 Å². The van der Waals surface area contributed by atoms with Gasteiger partial charge in [0.15, 0.2) is 5.82 Å². The van der Waals surface area contributed by atoms with Gasteiger partial charge in [-0.1, -0.05) is 0 Å². The zero-order chi connectivity index (χ0) is 11.5. The standard InChI is InChI=1S/C10H14FN5/c11-7-5-14-10(15-6-7)16(8-1-2-8)4-3-9(12)13/h5-6,8H,1-4H2,(H3,12,13). The van der Waals surface area contributed by atoms with Crippen LogP contribution in [0.2, 0.25) is 0 Å². The molecule has 86 valence electrons. The van der Waals surface area contributed by atoms with Gasteiger partial charge in [0.05, 0.1) is 18.2 Å². The summed E-state index contributed by atoms with van der Waals surface area (Å²) in [7, 11) is 0. The van der Waals surface area contributed by atoms with E-state index in [1.165, 1.54) is 0 Å². The number of nitrogens with one attached hydrogen (secondary N) is 1. The smallest absolute Gasteiger partial charge is 0.225 e. The third-order valence-corrected chi connectivity index (χ3v) is 2.47. The summed E-state index contributed by atoms with van der Waals surface area (Å²) in [5.74, 6) is 0.226. The first-order chi connectivity index (χ1) is 7.66. The Morgan fingerprint density at radius 3 is 2.62 bits per heavy atom. The van der Waals surface area contributed by atoms with Crippen LogP contribution in [0.25, 0.3) is 0 Å². The number of aromatic nitrogens is 2. The predicted molar refractivity (Wildman–Crippen MR) is 58.9 cm³/mol. The van der Waals surface area contributed by atoms with Crippen molar-refractivity contribution in [1.29, 1.82) is 5.41 Å². The summed E-state index contributed by atoms with van der Waals surface area (Å²) in [6, 6.07) is 0.421. The molecule has 6 heteroatoms. The fourth-order valence-electron chi connectivity index (χ4n) is 1.53. The van der Waals surface area contributed by atoms with Crippen LogP contribution in [0, 0.1) is 11.2 Å². The van der Waals surface area contributed by atoms with Crippen LogP contribution in [0.5, 0.6) is 0 Å². The number of halogens is 1. The third-order valence-electron chi connectivity index (χ3n) is 2.47. The van der Waals surface area contributed by atoms with Crippen LogP contribution in [-0.4, -0.2) is 28.4 Å². The minimum atomic E-state index is -0.439. The van der Waals surface area contributed by atoms with Gasteiger partial charge in [-0.2, -0.15) is 0 Å². The summed E-state index contributed by atoms with van der Waals surface area (Å²) >= 11 is 0. The van der Waals surface area contributed by atoms with Crippen molar-refractivity contribution in [3.8, 4) is 0 Å². The van der Waals surface area contributed by atoms with E-state index in [9.17, 15) is 4.39 Å². The van der Waals surface area contributed by atoms with Gasteiger partial charge < -0.3 is 10.6 Å². The molecular formula is C10H14FN5. The van der Waals surface area contributed by atoms with Gasteiger partial charge in [0.25, 0.3) is 0 Å². The highest BCUT2D eigenvalue weighted by Gasteiger charge is 2.30. The fourth-order valence-corrected chi connectivity index (χ4v) is 1.53. The van der Waals surface area contributed by atoms with Crippen molar-refractivity contribution in [2.75, 3.05) is 11.4 Å². The van der Waals surface area contributed by atoms with Gasteiger partial charge in [0, 0.05) is 19.0 Å². The van der Waals surface area contributed by atoms with Crippen molar-refractivity contribution in [2.45, 2.75) is 25.3 Å². The van der Waals surface area contributed by atoms with Crippen molar-refractivity contribution in [3.63, 3.8) is 0 Å². The maximum Gasteiger partial charge on any atom is 0.225 e. The lowest BCUT2D eigenvalue weighted by atomic mass is 10.3. The van der Waals surface area contributed by atoms with E-state index in [4.69, 9.17) is 11.1 Å². The maximum atomic E-state index is 12.7. The molecule has 0 radical (unpaired) electrons. The number of nitrogens with two attached hydrogens (primary N) is 1. The zero-order valence-corrected chi connectivity index (χ0v) is 8.86. The molecular weight excluding hydrogens is 209 g/mol. The Hall–Kier alpha value is -1.72. The molecule has 0 saturated heterocycles. The minimum absolute atomic E-state index is 0.146. The molecule has 2 rings (SSSR count). The Kier molecular flexibility index (Phi) is 2.98. The number of hydrogen-bond donors (Lipinski definition) is 2. The molecule has 1 aliphatic carbocycles. The molecule has 5 nitrogen and oxygen atoms in total. The first-order valence-electron chi connectivity index (χ1n) is 5.24.